The molecule has 0 aliphatic rings. The van der Waals surface area contributed by atoms with Gasteiger partial charge >= 0.3 is 0 Å². The van der Waals surface area contributed by atoms with E-state index < -0.39 is 0 Å². The average Bonchev–Trinajstić information content (AvgIpc) is 2.43. The Balaban J connectivity index is 0. The summed E-state index contributed by atoms with van der Waals surface area (Å²) in [4.78, 5) is 4.16. The third-order valence-corrected chi connectivity index (χ3v) is 2.68. The molecule has 0 bridgehead atoms. The summed E-state index contributed by atoms with van der Waals surface area (Å²) in [7, 11) is 1.78. The van der Waals surface area contributed by atoms with Crippen molar-refractivity contribution in [1.29, 1.82) is 5.41 Å². The smallest absolute Gasteiger partial charge is 0.0972 e. The highest BCUT2D eigenvalue weighted by Gasteiger charge is 2.09. The van der Waals surface area contributed by atoms with Crippen LogP contribution in [0.4, 0.5) is 0 Å². The van der Waals surface area contributed by atoms with Crippen LogP contribution in [0.1, 0.15) is 61.8 Å². The van der Waals surface area contributed by atoms with Gasteiger partial charge in [-0.15, -0.1) is 0 Å². The minimum Gasteiger partial charge on any atom is -0.344 e. The van der Waals surface area contributed by atoms with Crippen LogP contribution in [-0.2, 0) is 0 Å². The topological polar surface area (TPSA) is 48.2 Å². The van der Waals surface area contributed by atoms with E-state index in [0.29, 0.717) is 5.71 Å². The molecule has 0 aliphatic heterocycles. The zero-order valence-corrected chi connectivity index (χ0v) is 15.3. The van der Waals surface area contributed by atoms with Gasteiger partial charge in [0.2, 0.25) is 0 Å². The molecule has 0 heterocycles. The molecule has 0 amide bonds. The molecule has 21 heavy (non-hydrogen) atoms. The van der Waals surface area contributed by atoms with Crippen molar-refractivity contribution >= 4 is 11.5 Å². The first-order chi connectivity index (χ1) is 9.83. The highest BCUT2D eigenvalue weighted by atomic mass is 15.0. The average molecular weight is 291 g/mol. The molecule has 0 spiro atoms. The summed E-state index contributed by atoms with van der Waals surface area (Å²) in [5.74, 6) is 0.887. The highest BCUT2D eigenvalue weighted by Crippen LogP contribution is 2.21. The Morgan fingerprint density at radius 1 is 1.10 bits per heavy atom. The Morgan fingerprint density at radius 2 is 1.62 bits per heavy atom. The van der Waals surface area contributed by atoms with Crippen molar-refractivity contribution in [2.75, 3.05) is 7.05 Å². The number of nitrogens with zero attached hydrogens (tertiary/aromatic N) is 1. The molecule has 2 N–H and O–H groups in total. The van der Waals surface area contributed by atoms with Gasteiger partial charge in [-0.05, 0) is 58.3 Å². The van der Waals surface area contributed by atoms with Crippen LogP contribution in [-0.4, -0.2) is 18.6 Å². The summed E-state index contributed by atoms with van der Waals surface area (Å²) in [6.07, 6.45) is 5.04. The van der Waals surface area contributed by atoms with E-state index in [1.54, 1.807) is 14.0 Å². The highest BCUT2D eigenvalue weighted by molar-refractivity contribution is 5.91. The lowest BCUT2D eigenvalue weighted by Gasteiger charge is -2.17. The van der Waals surface area contributed by atoms with E-state index in [4.69, 9.17) is 5.41 Å². The molecule has 0 aliphatic carbocycles. The van der Waals surface area contributed by atoms with Gasteiger partial charge in [0.1, 0.15) is 0 Å². The van der Waals surface area contributed by atoms with Crippen molar-refractivity contribution in [3.63, 3.8) is 0 Å². The number of rotatable bonds is 5. The van der Waals surface area contributed by atoms with Crippen LogP contribution in [0.25, 0.3) is 0 Å². The quantitative estimate of drug-likeness (QED) is 0.405. The van der Waals surface area contributed by atoms with E-state index in [-0.39, 0.29) is 0 Å². The number of aliphatic imine (C=N–C) groups is 1. The maximum Gasteiger partial charge on any atom is 0.0972 e. The Bertz CT molecular complexity index is 445. The zero-order valence-electron chi connectivity index (χ0n) is 15.3. The molecular weight excluding hydrogens is 258 g/mol. The van der Waals surface area contributed by atoms with E-state index in [1.165, 1.54) is 5.57 Å². The van der Waals surface area contributed by atoms with Crippen molar-refractivity contribution in [3.05, 3.63) is 34.6 Å². The van der Waals surface area contributed by atoms with Gasteiger partial charge in [0.15, 0.2) is 0 Å². The molecule has 0 atom stereocenters. The van der Waals surface area contributed by atoms with Crippen molar-refractivity contribution in [3.8, 4) is 0 Å². The standard InChI is InChI=1S/C16H27N3.C2H6/c1-8-9-15(12(4)10-13(5)17)16(11(2)3)19-14(6)18-7;1-2/h9-10,17H,8H2,1-7H3,(H,18,19);1-2H3/b12-10+,15-9-,17-13?;. The van der Waals surface area contributed by atoms with Gasteiger partial charge in [-0.2, -0.15) is 0 Å². The second kappa shape index (κ2) is 12.1. The lowest BCUT2D eigenvalue weighted by Crippen LogP contribution is -2.22. The van der Waals surface area contributed by atoms with Crippen LogP contribution >= 0.6 is 0 Å². The van der Waals surface area contributed by atoms with Gasteiger partial charge in [-0.1, -0.05) is 32.4 Å². The van der Waals surface area contributed by atoms with Gasteiger partial charge in [0, 0.05) is 18.5 Å². The van der Waals surface area contributed by atoms with E-state index in [1.807, 2.05) is 33.8 Å². The van der Waals surface area contributed by atoms with Crippen molar-refractivity contribution in [1.82, 2.24) is 5.32 Å². The Morgan fingerprint density at radius 3 is 1.95 bits per heavy atom. The van der Waals surface area contributed by atoms with Crippen molar-refractivity contribution in [2.24, 2.45) is 4.99 Å². The van der Waals surface area contributed by atoms with E-state index in [2.05, 4.69) is 37.2 Å². The van der Waals surface area contributed by atoms with Crippen LogP contribution in [0.5, 0.6) is 0 Å². The lowest BCUT2D eigenvalue weighted by atomic mass is 9.98. The Labute approximate surface area is 131 Å². The molecule has 0 aromatic rings. The molecule has 0 fully saturated rings. The number of hydrogen-bond acceptors (Lipinski definition) is 2. The molecule has 120 valence electrons. The predicted molar refractivity (Wildman–Crippen MR) is 97.4 cm³/mol. The minimum atomic E-state index is 0.563. The van der Waals surface area contributed by atoms with Gasteiger partial charge in [-0.3, -0.25) is 4.99 Å². The van der Waals surface area contributed by atoms with Crippen LogP contribution < -0.4 is 5.32 Å². The largest absolute Gasteiger partial charge is 0.344 e. The minimum absolute atomic E-state index is 0.563. The number of allylic oxidation sites excluding steroid dienone is 4. The first-order valence-corrected chi connectivity index (χ1v) is 7.65. The molecule has 0 saturated heterocycles. The first kappa shape index (κ1) is 21.7. The molecule has 0 saturated carbocycles. The third-order valence-electron chi connectivity index (χ3n) is 2.68. The summed E-state index contributed by atoms with van der Waals surface area (Å²) in [6, 6.07) is 0. The van der Waals surface area contributed by atoms with Gasteiger partial charge in [0.25, 0.3) is 0 Å². The van der Waals surface area contributed by atoms with Crippen molar-refractivity contribution in [2.45, 2.75) is 61.8 Å². The molecule has 0 rings (SSSR count). The molecule has 3 heteroatoms. The van der Waals surface area contributed by atoms with Crippen LogP contribution in [0.2, 0.25) is 0 Å². The Kier molecular flexibility index (Phi) is 12.5. The molecule has 0 aromatic carbocycles. The second-order valence-corrected chi connectivity index (χ2v) is 4.85. The lowest BCUT2D eigenvalue weighted by molar-refractivity contribution is 1.04. The number of nitrogens with one attached hydrogen (secondary N) is 2. The first-order valence-electron chi connectivity index (χ1n) is 7.65. The zero-order chi connectivity index (χ0) is 17.0. The molecule has 3 nitrogen and oxygen atoms in total. The maximum absolute atomic E-state index is 7.61. The number of amidine groups is 1. The summed E-state index contributed by atoms with van der Waals surface area (Å²) in [5.41, 5.74) is 5.10. The summed E-state index contributed by atoms with van der Waals surface area (Å²) in [6.45, 7) is 16.1. The van der Waals surface area contributed by atoms with Crippen LogP contribution in [0.15, 0.2) is 39.6 Å². The van der Waals surface area contributed by atoms with Gasteiger partial charge in [0.05, 0.1) is 5.84 Å². The fraction of sp³-hybridized carbons (Fsp3) is 0.556. The van der Waals surface area contributed by atoms with Gasteiger partial charge in [-0.25, -0.2) is 0 Å². The number of hydrogen-bond donors (Lipinski definition) is 2. The van der Waals surface area contributed by atoms with Crippen LogP contribution in [0.3, 0.4) is 0 Å². The third kappa shape index (κ3) is 9.01. The fourth-order valence-electron chi connectivity index (χ4n) is 1.77. The summed E-state index contributed by atoms with van der Waals surface area (Å²) >= 11 is 0. The van der Waals surface area contributed by atoms with E-state index >= 15 is 0 Å². The predicted octanol–water partition coefficient (Wildman–Crippen LogP) is 5.27. The Hall–Kier alpha value is -1.64. The molecule has 0 aromatic heterocycles. The molecular formula is C18H33N3. The van der Waals surface area contributed by atoms with E-state index in [0.717, 1.165) is 29.1 Å². The van der Waals surface area contributed by atoms with Gasteiger partial charge < -0.3 is 10.7 Å². The van der Waals surface area contributed by atoms with E-state index in [9.17, 15) is 0 Å². The monoisotopic (exact) mass is 291 g/mol. The van der Waals surface area contributed by atoms with Crippen LogP contribution in [0, 0.1) is 5.41 Å². The normalized spacial score (nSPS) is 12.3. The molecule has 0 unspecified atom stereocenters. The summed E-state index contributed by atoms with van der Waals surface area (Å²) in [5, 5.41) is 11.0. The van der Waals surface area contributed by atoms with Crippen molar-refractivity contribution < 1.29 is 0 Å². The fourth-order valence-corrected chi connectivity index (χ4v) is 1.77. The second-order valence-electron chi connectivity index (χ2n) is 4.85. The maximum atomic E-state index is 7.61. The summed E-state index contributed by atoms with van der Waals surface area (Å²) < 4.78 is 0. The SMILES string of the molecule is CC.CC/C=C(C(NC(C)=NC)=C(C)C)/C(C)=C/C(C)=N. The molecule has 0 radical (unpaired) electrons.